The second-order valence-corrected chi connectivity index (χ2v) is 17.4. The van der Waals surface area contributed by atoms with Gasteiger partial charge >= 0.3 is 38.6 Å². The molecule has 2 aromatic carbocycles. The topological polar surface area (TPSA) is 291 Å². The highest BCUT2D eigenvalue weighted by atomic mass is 31.2. The van der Waals surface area contributed by atoms with E-state index in [0.717, 1.165) is 36.8 Å². The van der Waals surface area contributed by atoms with E-state index in [4.69, 9.17) is 41.1 Å². The molecule has 23 heteroatoms. The highest BCUT2D eigenvalue weighted by Crippen LogP contribution is 2.51. The second-order valence-electron chi connectivity index (χ2n) is 13.7. The molecule has 20 nitrogen and oxygen atoms in total. The molecule has 0 aliphatic rings. The minimum absolute atomic E-state index is 0.0986. The van der Waals surface area contributed by atoms with Crippen molar-refractivity contribution >= 4 is 57.5 Å². The van der Waals surface area contributed by atoms with Gasteiger partial charge in [0.15, 0.2) is 22.9 Å². The van der Waals surface area contributed by atoms with Crippen molar-refractivity contribution in [2.24, 2.45) is 0 Å². The summed E-state index contributed by atoms with van der Waals surface area (Å²) in [5.41, 5.74) is 15.3. The zero-order valence-corrected chi connectivity index (χ0v) is 36.4. The van der Waals surface area contributed by atoms with Crippen molar-refractivity contribution in [2.75, 3.05) is 37.9 Å². The SMILES string of the molecule is CCCCOc1nc(N)c2[nH]c(=O)n(Cc3cccc(CP(=O)(O)O)c3)c2n1.CCCCOc1nc(N)c2[nH]c(=O)n(Cc3cccc(CP(=O)(OCC)OCC)c3)c2n1.[2H][B]. The van der Waals surface area contributed by atoms with Crippen LogP contribution in [0.2, 0.25) is 0 Å². The molecule has 0 aliphatic carbocycles. The van der Waals surface area contributed by atoms with Crippen LogP contribution in [0.5, 0.6) is 12.0 Å². The van der Waals surface area contributed by atoms with Crippen LogP contribution in [-0.4, -0.2) is 85.0 Å². The first-order valence-electron chi connectivity index (χ1n) is 20.1. The first-order chi connectivity index (χ1) is 29.6. The number of imidazole rings is 2. The Balaban J connectivity index is 0.000000264. The lowest BCUT2D eigenvalue weighted by atomic mass is 10.1. The number of rotatable bonds is 20. The summed E-state index contributed by atoms with van der Waals surface area (Å²) in [6.07, 6.45) is 3.42. The number of aromatic nitrogens is 8. The van der Waals surface area contributed by atoms with Gasteiger partial charge in [0.2, 0.25) is 0 Å². The summed E-state index contributed by atoms with van der Waals surface area (Å²) in [5, 5.41) is 0. The molecule has 0 bridgehead atoms. The third-order valence-electron chi connectivity index (χ3n) is 8.80. The molecule has 0 fully saturated rings. The Labute approximate surface area is 355 Å². The fourth-order valence-corrected chi connectivity index (χ4v) is 8.46. The van der Waals surface area contributed by atoms with Crippen LogP contribution in [0.3, 0.4) is 0 Å². The average molecular weight is 884 g/mol. The summed E-state index contributed by atoms with van der Waals surface area (Å²) in [5.74, 6) is 0.267. The zero-order valence-electron chi connectivity index (χ0n) is 35.6. The Morgan fingerprint density at radius 2 is 1.10 bits per heavy atom. The minimum atomic E-state index is -4.18. The molecule has 6 rings (SSSR count). The fourth-order valence-electron chi connectivity index (χ4n) is 6.10. The molecule has 0 saturated carbocycles. The smallest absolute Gasteiger partial charge is 0.335 e. The highest BCUT2D eigenvalue weighted by Gasteiger charge is 2.24. The Kier molecular flexibility index (Phi) is 16.9. The number of hydrogen-bond acceptors (Lipinski definition) is 14. The van der Waals surface area contributed by atoms with Crippen molar-refractivity contribution in [3.63, 3.8) is 0 Å². The largest absolute Gasteiger partial charge is 0.463 e. The number of benzene rings is 2. The standard InChI is InChI=1S/C21H30N5O5P.C17H22N5O5P.BH/c1-4-7-11-29-20-24-18(22)17-19(25-20)26(21(27)23-17)13-15-9-8-10-16(12-15)14-32(28,30-5-2)31-6-3;1-2-3-7-27-16-20-14(18)13-15(21-16)22(17(23)19-13)9-11-5-4-6-12(8-11)10-28(24,25)26;/h8-10,12H,4-7,11,13-14H2,1-3H3,(H,23,27)(H2,22,24,25);4-6,8H,2-3,7,9-10H2,1H3,(H,19,23)(H2,18,20,21)(H2,24,25,26);1H/i;;1D. The predicted octanol–water partition coefficient (Wildman–Crippen LogP) is 4.65. The summed E-state index contributed by atoms with van der Waals surface area (Å²) < 4.78 is 54.1. The van der Waals surface area contributed by atoms with E-state index in [0.29, 0.717) is 59.9 Å². The van der Waals surface area contributed by atoms with Gasteiger partial charge in [-0.1, -0.05) is 75.2 Å². The van der Waals surface area contributed by atoms with Gasteiger partial charge in [-0.15, -0.1) is 0 Å². The number of hydrogen-bond donors (Lipinski definition) is 6. The maximum absolute atomic E-state index is 12.9. The van der Waals surface area contributed by atoms with E-state index in [9.17, 15) is 18.7 Å². The van der Waals surface area contributed by atoms with Gasteiger partial charge in [-0.2, -0.15) is 19.9 Å². The van der Waals surface area contributed by atoms with E-state index in [1.807, 2.05) is 31.2 Å². The number of anilines is 2. The number of nitrogen functional groups attached to an aromatic ring is 2. The molecule has 4 heterocycles. The molecule has 328 valence electrons. The minimum Gasteiger partial charge on any atom is -0.463 e. The summed E-state index contributed by atoms with van der Waals surface area (Å²) >= 11 is 0. The lowest BCUT2D eigenvalue weighted by Gasteiger charge is -2.17. The number of ether oxygens (including phenoxy) is 2. The average Bonchev–Trinajstić information content (AvgIpc) is 3.70. The van der Waals surface area contributed by atoms with Gasteiger partial charge in [0.1, 0.15) is 11.0 Å². The molecular weight excluding hydrogens is 829 g/mol. The normalized spacial score (nSPS) is 11.7. The molecule has 61 heavy (non-hydrogen) atoms. The molecule has 0 aliphatic heterocycles. The van der Waals surface area contributed by atoms with Crippen LogP contribution in [0.25, 0.3) is 22.3 Å². The second kappa shape index (κ2) is 22.0. The molecule has 0 amide bonds. The third kappa shape index (κ3) is 13.3. The van der Waals surface area contributed by atoms with Crippen LogP contribution in [0, 0.1) is 0 Å². The lowest BCUT2D eigenvalue weighted by Crippen LogP contribution is -2.18. The Hall–Kier alpha value is -5.30. The Morgan fingerprint density at radius 1 is 0.689 bits per heavy atom. The number of nitrogens with zero attached hydrogens (tertiary/aromatic N) is 6. The first-order valence-corrected chi connectivity index (χ1v) is 23.0. The molecule has 0 saturated heterocycles. The van der Waals surface area contributed by atoms with Gasteiger partial charge in [0, 0.05) is 8.38 Å². The monoisotopic (exact) mass is 883 g/mol. The van der Waals surface area contributed by atoms with Gasteiger partial charge < -0.3 is 49.7 Å². The number of aromatic amines is 2. The third-order valence-corrected chi connectivity index (χ3v) is 11.6. The number of fused-ring (bicyclic) bond motifs is 2. The number of H-pyrrole nitrogens is 2. The molecule has 4 aromatic heterocycles. The van der Waals surface area contributed by atoms with Crippen LogP contribution < -0.4 is 32.3 Å². The molecule has 8 N–H and O–H groups in total. The van der Waals surface area contributed by atoms with Crippen molar-refractivity contribution in [2.45, 2.75) is 78.8 Å². The molecular formula is C38H53BN10O10P2. The van der Waals surface area contributed by atoms with Gasteiger partial charge in [0.05, 0.1) is 51.8 Å². The summed E-state index contributed by atoms with van der Waals surface area (Å²) in [6.45, 7) is 9.55. The van der Waals surface area contributed by atoms with Crippen LogP contribution in [0.15, 0.2) is 58.1 Å². The Morgan fingerprint density at radius 3 is 1.49 bits per heavy atom. The number of nitrogens with two attached hydrogens (primary N) is 2. The van der Waals surface area contributed by atoms with Crippen LogP contribution in [-0.2, 0) is 43.6 Å². The van der Waals surface area contributed by atoms with Gasteiger partial charge in [-0.25, -0.2) is 9.59 Å². The predicted molar refractivity (Wildman–Crippen MR) is 234 cm³/mol. The van der Waals surface area contributed by atoms with Crippen molar-refractivity contribution in [3.05, 3.63) is 91.8 Å². The molecule has 0 atom stereocenters. The summed E-state index contributed by atoms with van der Waals surface area (Å²) in [6, 6.07) is 14.4. The number of nitrogens with one attached hydrogen (secondary N) is 2. The van der Waals surface area contributed by atoms with Gasteiger partial charge in [-0.05, 0) is 50.3 Å². The van der Waals surface area contributed by atoms with Crippen LogP contribution in [0.4, 0.5) is 11.6 Å². The highest BCUT2D eigenvalue weighted by molar-refractivity contribution is 7.53. The van der Waals surface area contributed by atoms with E-state index in [1.165, 1.54) is 9.13 Å². The van der Waals surface area contributed by atoms with Crippen LogP contribution >= 0.6 is 15.2 Å². The molecule has 2 radical (unpaired) electrons. The van der Waals surface area contributed by atoms with Crippen molar-refractivity contribution < 1.29 is 37.4 Å². The van der Waals surface area contributed by atoms with E-state index in [1.54, 1.807) is 38.1 Å². The van der Waals surface area contributed by atoms with E-state index < -0.39 is 20.9 Å². The first kappa shape index (κ1) is 46.8. The van der Waals surface area contributed by atoms with E-state index in [-0.39, 0.29) is 54.8 Å². The number of unbranched alkanes of at least 4 members (excludes halogenated alkanes) is 2. The maximum Gasteiger partial charge on any atom is 0.335 e. The van der Waals surface area contributed by atoms with Gasteiger partial charge in [0.25, 0.3) is 0 Å². The summed E-state index contributed by atoms with van der Waals surface area (Å²) in [7, 11) is -3.67. The quantitative estimate of drug-likeness (QED) is 0.0345. The molecule has 0 spiro atoms. The molecule has 0 unspecified atom stereocenters. The van der Waals surface area contributed by atoms with Crippen molar-refractivity contribution in [3.8, 4) is 12.0 Å². The van der Waals surface area contributed by atoms with Crippen molar-refractivity contribution in [1.82, 2.24) is 39.0 Å². The zero-order chi connectivity index (χ0) is 45.5. The fraction of sp³-hybridized carbons (Fsp3) is 0.421. The maximum atomic E-state index is 12.9. The Bertz CT molecular complexity index is 2610. The summed E-state index contributed by atoms with van der Waals surface area (Å²) in [4.78, 5) is 65.6. The lowest BCUT2D eigenvalue weighted by molar-refractivity contribution is 0.219. The van der Waals surface area contributed by atoms with Gasteiger partial charge in [-0.3, -0.25) is 18.3 Å². The van der Waals surface area contributed by atoms with E-state index >= 15 is 0 Å². The van der Waals surface area contributed by atoms with E-state index in [2.05, 4.69) is 45.2 Å². The van der Waals surface area contributed by atoms with Crippen molar-refractivity contribution in [1.29, 1.82) is 1.34 Å². The molecule has 6 aromatic rings. The van der Waals surface area contributed by atoms with Crippen LogP contribution in [0.1, 0.15) is 75.6 Å².